The topological polar surface area (TPSA) is 41.5 Å². The fraction of sp³-hybridized carbons (Fsp3) is 0.750. The second-order valence-electron chi connectivity index (χ2n) is 6.49. The zero-order valence-corrected chi connectivity index (χ0v) is 13.3. The van der Waals surface area contributed by atoms with Crippen LogP contribution < -0.4 is 4.90 Å². The van der Waals surface area contributed by atoms with Gasteiger partial charge in [-0.15, -0.1) is 0 Å². The van der Waals surface area contributed by atoms with Gasteiger partial charge in [-0.25, -0.2) is 9.97 Å². The Morgan fingerprint density at radius 1 is 1.29 bits per heavy atom. The molecule has 0 spiro atoms. The average Bonchev–Trinajstić information content (AvgIpc) is 3.28. The van der Waals surface area contributed by atoms with E-state index in [4.69, 9.17) is 9.72 Å². The van der Waals surface area contributed by atoms with Gasteiger partial charge < -0.3 is 9.64 Å². The summed E-state index contributed by atoms with van der Waals surface area (Å²) in [6.45, 7) is 8.39. The number of rotatable bonds is 5. The second kappa shape index (κ2) is 6.28. The van der Waals surface area contributed by atoms with Gasteiger partial charge in [0.05, 0.1) is 12.2 Å². The number of ether oxygens (including phenoxy) is 1. The highest BCUT2D eigenvalue weighted by Gasteiger charge is 2.27. The Kier molecular flexibility index (Phi) is 4.40. The van der Waals surface area contributed by atoms with Crippen LogP contribution in [0.4, 0.5) is 5.82 Å². The van der Waals surface area contributed by atoms with Crippen molar-refractivity contribution in [2.45, 2.75) is 44.8 Å². The van der Waals surface area contributed by atoms with Crippen LogP contribution in [0.1, 0.15) is 38.4 Å². The van der Waals surface area contributed by atoms with Gasteiger partial charge in [-0.05, 0) is 32.8 Å². The van der Waals surface area contributed by atoms with Gasteiger partial charge in [0.15, 0.2) is 0 Å². The van der Waals surface area contributed by atoms with Crippen molar-refractivity contribution in [1.82, 2.24) is 14.9 Å². The van der Waals surface area contributed by atoms with E-state index in [1.807, 2.05) is 12.3 Å². The lowest BCUT2D eigenvalue weighted by molar-refractivity contribution is -0.0670. The summed E-state index contributed by atoms with van der Waals surface area (Å²) in [5.41, 5.74) is 0. The molecule has 116 valence electrons. The molecule has 0 unspecified atom stereocenters. The van der Waals surface area contributed by atoms with Crippen LogP contribution in [-0.2, 0) is 4.74 Å². The van der Waals surface area contributed by atoms with Crippen molar-refractivity contribution in [2.24, 2.45) is 0 Å². The summed E-state index contributed by atoms with van der Waals surface area (Å²) in [4.78, 5) is 13.8. The predicted octanol–water partition coefficient (Wildman–Crippen LogP) is 1.90. The van der Waals surface area contributed by atoms with E-state index in [2.05, 4.69) is 35.7 Å². The lowest BCUT2D eigenvalue weighted by atomic mass is 10.2. The van der Waals surface area contributed by atoms with E-state index in [0.29, 0.717) is 18.1 Å². The molecule has 1 aromatic rings. The Bertz CT molecular complexity index is 467. The highest BCUT2D eigenvalue weighted by molar-refractivity contribution is 5.36. The fourth-order valence-corrected chi connectivity index (χ4v) is 2.99. The molecule has 1 aromatic heterocycles. The minimum Gasteiger partial charge on any atom is -0.373 e. The molecule has 2 heterocycles. The molecule has 2 atom stereocenters. The van der Waals surface area contributed by atoms with Gasteiger partial charge in [-0.2, -0.15) is 0 Å². The number of hydrogen-bond donors (Lipinski definition) is 0. The van der Waals surface area contributed by atoms with E-state index in [1.165, 1.54) is 12.8 Å². The Balaban J connectivity index is 1.53. The number of aromatic nitrogens is 2. The average molecular weight is 290 g/mol. The van der Waals surface area contributed by atoms with E-state index < -0.39 is 0 Å². The Morgan fingerprint density at radius 3 is 2.67 bits per heavy atom. The molecule has 1 saturated carbocycles. The maximum atomic E-state index is 5.78. The lowest BCUT2D eigenvalue weighted by Crippen LogP contribution is -2.47. The summed E-state index contributed by atoms with van der Waals surface area (Å²) in [5, 5.41) is 0. The van der Waals surface area contributed by atoms with Crippen molar-refractivity contribution in [3.8, 4) is 0 Å². The van der Waals surface area contributed by atoms with Crippen LogP contribution in [0.3, 0.4) is 0 Å². The Hall–Kier alpha value is -1.20. The zero-order chi connectivity index (χ0) is 14.8. The first-order chi connectivity index (χ1) is 10.1. The number of likely N-dealkylation sites (N-methyl/N-ethyl adjacent to an activating group) is 1. The SMILES string of the molecule is C[C@@H]1CN(CCN(C)c2ccnc(C3CC3)n2)C[C@H](C)O1. The predicted molar refractivity (Wildman–Crippen MR) is 83.7 cm³/mol. The summed E-state index contributed by atoms with van der Waals surface area (Å²) in [6, 6.07) is 2.01. The molecule has 2 aliphatic rings. The van der Waals surface area contributed by atoms with Crippen molar-refractivity contribution < 1.29 is 4.74 Å². The van der Waals surface area contributed by atoms with Gasteiger partial charge >= 0.3 is 0 Å². The summed E-state index contributed by atoms with van der Waals surface area (Å²) in [7, 11) is 2.12. The normalized spacial score (nSPS) is 26.8. The maximum Gasteiger partial charge on any atom is 0.133 e. The monoisotopic (exact) mass is 290 g/mol. The van der Waals surface area contributed by atoms with Crippen molar-refractivity contribution in [3.63, 3.8) is 0 Å². The molecule has 0 radical (unpaired) electrons. The summed E-state index contributed by atoms with van der Waals surface area (Å²) in [5.74, 6) is 2.67. The number of anilines is 1. The van der Waals surface area contributed by atoms with Crippen molar-refractivity contribution in [1.29, 1.82) is 0 Å². The molecule has 3 rings (SSSR count). The first-order valence-electron chi connectivity index (χ1n) is 8.03. The van der Waals surface area contributed by atoms with E-state index in [-0.39, 0.29) is 0 Å². The quantitative estimate of drug-likeness (QED) is 0.828. The van der Waals surface area contributed by atoms with Gasteiger partial charge in [-0.1, -0.05) is 0 Å². The fourth-order valence-electron chi connectivity index (χ4n) is 2.99. The smallest absolute Gasteiger partial charge is 0.133 e. The summed E-state index contributed by atoms with van der Waals surface area (Å²) < 4.78 is 5.78. The van der Waals surface area contributed by atoms with Gasteiger partial charge in [0.2, 0.25) is 0 Å². The van der Waals surface area contributed by atoms with Crippen molar-refractivity contribution in [2.75, 3.05) is 38.1 Å². The van der Waals surface area contributed by atoms with Crippen LogP contribution in [0.25, 0.3) is 0 Å². The maximum absolute atomic E-state index is 5.78. The van der Waals surface area contributed by atoms with E-state index in [9.17, 15) is 0 Å². The summed E-state index contributed by atoms with van der Waals surface area (Å²) >= 11 is 0. The van der Waals surface area contributed by atoms with Gasteiger partial charge in [0.25, 0.3) is 0 Å². The van der Waals surface area contributed by atoms with Crippen LogP contribution in [0.5, 0.6) is 0 Å². The van der Waals surface area contributed by atoms with Crippen LogP contribution in [-0.4, -0.2) is 60.3 Å². The molecule has 0 amide bonds. The molecule has 0 aromatic carbocycles. The van der Waals surface area contributed by atoms with E-state index >= 15 is 0 Å². The third-order valence-electron chi connectivity index (χ3n) is 4.24. The largest absolute Gasteiger partial charge is 0.373 e. The molecule has 21 heavy (non-hydrogen) atoms. The van der Waals surface area contributed by atoms with Crippen molar-refractivity contribution >= 4 is 5.82 Å². The minimum absolute atomic E-state index is 0.333. The number of morpholine rings is 1. The molecule has 1 aliphatic heterocycles. The number of nitrogens with zero attached hydrogens (tertiary/aromatic N) is 4. The third-order valence-corrected chi connectivity index (χ3v) is 4.24. The highest BCUT2D eigenvalue weighted by atomic mass is 16.5. The molecule has 0 bridgehead atoms. The number of hydrogen-bond acceptors (Lipinski definition) is 5. The van der Waals surface area contributed by atoms with E-state index in [1.54, 1.807) is 0 Å². The van der Waals surface area contributed by atoms with Gasteiger partial charge in [0, 0.05) is 45.3 Å². The second-order valence-corrected chi connectivity index (χ2v) is 6.49. The van der Waals surface area contributed by atoms with Gasteiger partial charge in [0.1, 0.15) is 11.6 Å². The molecule has 2 fully saturated rings. The molecule has 1 saturated heterocycles. The minimum atomic E-state index is 0.333. The zero-order valence-electron chi connectivity index (χ0n) is 13.3. The summed E-state index contributed by atoms with van der Waals surface area (Å²) in [6.07, 6.45) is 5.05. The van der Waals surface area contributed by atoms with Crippen LogP contribution >= 0.6 is 0 Å². The first kappa shape index (κ1) is 14.7. The highest BCUT2D eigenvalue weighted by Crippen LogP contribution is 2.38. The Morgan fingerprint density at radius 2 is 2.00 bits per heavy atom. The Labute approximate surface area is 127 Å². The van der Waals surface area contributed by atoms with Crippen LogP contribution in [0, 0.1) is 0 Å². The molecular formula is C16H26N4O. The molecule has 5 nitrogen and oxygen atoms in total. The van der Waals surface area contributed by atoms with Crippen LogP contribution in [0.15, 0.2) is 12.3 Å². The molecule has 0 N–H and O–H groups in total. The van der Waals surface area contributed by atoms with Crippen molar-refractivity contribution in [3.05, 3.63) is 18.1 Å². The first-order valence-corrected chi connectivity index (χ1v) is 8.03. The van der Waals surface area contributed by atoms with Gasteiger partial charge in [-0.3, -0.25) is 4.90 Å². The van der Waals surface area contributed by atoms with Crippen LogP contribution in [0.2, 0.25) is 0 Å². The lowest BCUT2D eigenvalue weighted by Gasteiger charge is -2.36. The molecule has 1 aliphatic carbocycles. The molecular weight excluding hydrogens is 264 g/mol. The standard InChI is InChI=1S/C16H26N4O/c1-12-10-20(11-13(2)21-12)9-8-19(3)15-6-7-17-16(18-15)14-4-5-14/h6-7,12-14H,4-5,8-11H2,1-3H3/t12-,13+. The van der Waals surface area contributed by atoms with E-state index in [0.717, 1.165) is 37.8 Å². The molecule has 5 heteroatoms. The third kappa shape index (κ3) is 3.92.